The third-order valence-corrected chi connectivity index (χ3v) is 4.16. The Kier molecular flexibility index (Phi) is 3.98. The highest BCUT2D eigenvalue weighted by molar-refractivity contribution is 5.92. The van der Waals surface area contributed by atoms with Gasteiger partial charge < -0.3 is 14.5 Å². The van der Waals surface area contributed by atoms with Crippen LogP contribution in [0.15, 0.2) is 34.9 Å². The molecule has 0 saturated carbocycles. The molecule has 1 unspecified atom stereocenters. The molecule has 0 saturated heterocycles. The SMILES string of the molecule is CC(C)c1cc(C(=O)N2CCc3ccccc3C2CO)no1. The molecule has 1 atom stereocenters. The summed E-state index contributed by atoms with van der Waals surface area (Å²) in [5.74, 6) is 0.690. The van der Waals surface area contributed by atoms with E-state index in [4.69, 9.17) is 4.52 Å². The molecule has 0 fully saturated rings. The van der Waals surface area contributed by atoms with Gasteiger partial charge in [0.15, 0.2) is 5.69 Å². The van der Waals surface area contributed by atoms with Gasteiger partial charge in [0.25, 0.3) is 5.91 Å². The zero-order chi connectivity index (χ0) is 15.7. The second-order valence-corrected chi connectivity index (χ2v) is 5.91. The molecule has 0 bridgehead atoms. The number of fused-ring (bicyclic) bond motifs is 1. The molecular weight excluding hydrogens is 280 g/mol. The Morgan fingerprint density at radius 1 is 1.45 bits per heavy atom. The van der Waals surface area contributed by atoms with Gasteiger partial charge in [0.05, 0.1) is 12.6 Å². The third kappa shape index (κ3) is 2.52. The molecule has 116 valence electrons. The lowest BCUT2D eigenvalue weighted by molar-refractivity contribution is 0.0558. The predicted molar refractivity (Wildman–Crippen MR) is 81.6 cm³/mol. The second-order valence-electron chi connectivity index (χ2n) is 5.91. The topological polar surface area (TPSA) is 66.6 Å². The van der Waals surface area contributed by atoms with Gasteiger partial charge in [0.2, 0.25) is 0 Å². The van der Waals surface area contributed by atoms with E-state index in [0.29, 0.717) is 18.0 Å². The fourth-order valence-electron chi connectivity index (χ4n) is 2.90. The van der Waals surface area contributed by atoms with E-state index in [0.717, 1.165) is 12.0 Å². The Morgan fingerprint density at radius 2 is 2.23 bits per heavy atom. The van der Waals surface area contributed by atoms with Crippen molar-refractivity contribution in [1.82, 2.24) is 10.1 Å². The smallest absolute Gasteiger partial charge is 0.276 e. The summed E-state index contributed by atoms with van der Waals surface area (Å²) in [6.45, 7) is 4.45. The quantitative estimate of drug-likeness (QED) is 0.946. The van der Waals surface area contributed by atoms with Crippen LogP contribution in [0.25, 0.3) is 0 Å². The number of carbonyl (C=O) groups excluding carboxylic acids is 1. The molecule has 0 radical (unpaired) electrons. The molecule has 0 spiro atoms. The number of benzene rings is 1. The molecule has 5 heteroatoms. The highest BCUT2D eigenvalue weighted by atomic mass is 16.5. The van der Waals surface area contributed by atoms with Crippen LogP contribution < -0.4 is 0 Å². The molecular formula is C17H20N2O3. The molecule has 1 aromatic heterocycles. The molecule has 5 nitrogen and oxygen atoms in total. The zero-order valence-corrected chi connectivity index (χ0v) is 12.8. The van der Waals surface area contributed by atoms with Gasteiger partial charge in [-0.05, 0) is 17.5 Å². The normalized spacial score (nSPS) is 17.6. The van der Waals surface area contributed by atoms with Crippen molar-refractivity contribution in [2.45, 2.75) is 32.2 Å². The lowest BCUT2D eigenvalue weighted by Gasteiger charge is -2.35. The molecule has 1 aliphatic rings. The Bertz CT molecular complexity index is 678. The Morgan fingerprint density at radius 3 is 2.91 bits per heavy atom. The maximum Gasteiger partial charge on any atom is 0.276 e. The van der Waals surface area contributed by atoms with Crippen molar-refractivity contribution in [2.24, 2.45) is 0 Å². The number of amides is 1. The van der Waals surface area contributed by atoms with Gasteiger partial charge in [0.1, 0.15) is 5.76 Å². The largest absolute Gasteiger partial charge is 0.394 e. The number of hydrogen-bond acceptors (Lipinski definition) is 4. The predicted octanol–water partition coefficient (Wildman–Crippen LogP) is 2.53. The number of aliphatic hydroxyl groups excluding tert-OH is 1. The van der Waals surface area contributed by atoms with E-state index in [9.17, 15) is 9.90 Å². The fraction of sp³-hybridized carbons (Fsp3) is 0.412. The lowest BCUT2D eigenvalue weighted by atomic mass is 9.92. The monoisotopic (exact) mass is 300 g/mol. The van der Waals surface area contributed by atoms with Crippen molar-refractivity contribution in [2.75, 3.05) is 13.2 Å². The minimum Gasteiger partial charge on any atom is -0.394 e. The van der Waals surface area contributed by atoms with E-state index in [1.54, 1.807) is 11.0 Å². The summed E-state index contributed by atoms with van der Waals surface area (Å²) < 4.78 is 5.22. The first-order valence-corrected chi connectivity index (χ1v) is 7.58. The second kappa shape index (κ2) is 5.93. The van der Waals surface area contributed by atoms with E-state index in [2.05, 4.69) is 5.16 Å². The highest BCUT2D eigenvalue weighted by Crippen LogP contribution is 2.30. The van der Waals surface area contributed by atoms with Crippen molar-refractivity contribution in [3.8, 4) is 0 Å². The van der Waals surface area contributed by atoms with Crippen LogP contribution in [-0.2, 0) is 6.42 Å². The first-order valence-electron chi connectivity index (χ1n) is 7.58. The van der Waals surface area contributed by atoms with Crippen molar-refractivity contribution < 1.29 is 14.4 Å². The van der Waals surface area contributed by atoms with Gasteiger partial charge in [0, 0.05) is 18.5 Å². The van der Waals surface area contributed by atoms with Crippen LogP contribution in [-0.4, -0.2) is 34.2 Å². The van der Waals surface area contributed by atoms with E-state index in [1.165, 1.54) is 5.56 Å². The molecule has 2 aromatic rings. The van der Waals surface area contributed by atoms with E-state index >= 15 is 0 Å². The average molecular weight is 300 g/mol. The molecule has 22 heavy (non-hydrogen) atoms. The molecule has 0 aliphatic carbocycles. The number of aromatic nitrogens is 1. The summed E-state index contributed by atoms with van der Waals surface area (Å²) in [4.78, 5) is 14.4. The summed E-state index contributed by atoms with van der Waals surface area (Å²) in [6, 6.07) is 9.31. The van der Waals surface area contributed by atoms with Gasteiger partial charge in [-0.15, -0.1) is 0 Å². The van der Waals surface area contributed by atoms with Crippen molar-refractivity contribution in [3.63, 3.8) is 0 Å². The summed E-state index contributed by atoms with van der Waals surface area (Å²) in [5.41, 5.74) is 2.51. The first kappa shape index (κ1) is 14.8. The van der Waals surface area contributed by atoms with Crippen LogP contribution in [0.1, 0.15) is 53.2 Å². The Balaban J connectivity index is 1.89. The first-order chi connectivity index (χ1) is 10.6. The summed E-state index contributed by atoms with van der Waals surface area (Å²) >= 11 is 0. The molecule has 1 amide bonds. The van der Waals surface area contributed by atoms with E-state index in [1.807, 2.05) is 38.1 Å². The summed E-state index contributed by atoms with van der Waals surface area (Å²) in [6.07, 6.45) is 0.785. The number of aliphatic hydroxyl groups is 1. The minimum absolute atomic E-state index is 0.0996. The van der Waals surface area contributed by atoms with Crippen LogP contribution in [0.3, 0.4) is 0 Å². The van der Waals surface area contributed by atoms with Crippen LogP contribution >= 0.6 is 0 Å². The lowest BCUT2D eigenvalue weighted by Crippen LogP contribution is -2.41. The average Bonchev–Trinajstić information content (AvgIpc) is 3.03. The number of carbonyl (C=O) groups is 1. The number of nitrogens with zero attached hydrogens (tertiary/aromatic N) is 2. The molecule has 3 rings (SSSR count). The zero-order valence-electron chi connectivity index (χ0n) is 12.8. The van der Waals surface area contributed by atoms with Gasteiger partial charge in [-0.25, -0.2) is 0 Å². The van der Waals surface area contributed by atoms with E-state index < -0.39 is 0 Å². The maximum absolute atomic E-state index is 12.7. The van der Waals surface area contributed by atoms with Crippen molar-refractivity contribution >= 4 is 5.91 Å². The summed E-state index contributed by atoms with van der Waals surface area (Å²) in [5, 5.41) is 13.6. The maximum atomic E-state index is 12.7. The standard InChI is InChI=1S/C17H20N2O3/c1-11(2)16-9-14(18-22-16)17(21)19-8-7-12-5-3-4-6-13(12)15(19)10-20/h3-6,9,11,15,20H,7-8,10H2,1-2H3. The third-order valence-electron chi connectivity index (χ3n) is 4.16. The van der Waals surface area contributed by atoms with E-state index in [-0.39, 0.29) is 24.5 Å². The van der Waals surface area contributed by atoms with Crippen molar-refractivity contribution in [3.05, 3.63) is 52.9 Å². The van der Waals surface area contributed by atoms with Crippen LogP contribution in [0.2, 0.25) is 0 Å². The van der Waals surface area contributed by atoms with Crippen LogP contribution in [0.5, 0.6) is 0 Å². The van der Waals surface area contributed by atoms with Gasteiger partial charge in [-0.1, -0.05) is 43.3 Å². The number of hydrogen-bond donors (Lipinski definition) is 1. The molecule has 2 heterocycles. The van der Waals surface area contributed by atoms with Crippen LogP contribution in [0, 0.1) is 0 Å². The highest BCUT2D eigenvalue weighted by Gasteiger charge is 2.32. The van der Waals surface area contributed by atoms with Crippen LogP contribution in [0.4, 0.5) is 0 Å². The fourth-order valence-corrected chi connectivity index (χ4v) is 2.90. The minimum atomic E-state index is -0.323. The van der Waals surface area contributed by atoms with Gasteiger partial charge in [-0.3, -0.25) is 4.79 Å². The van der Waals surface area contributed by atoms with Gasteiger partial charge in [-0.2, -0.15) is 0 Å². The molecule has 1 aliphatic heterocycles. The molecule has 1 aromatic carbocycles. The number of rotatable bonds is 3. The van der Waals surface area contributed by atoms with Gasteiger partial charge >= 0.3 is 0 Å². The molecule has 1 N–H and O–H groups in total. The Labute approximate surface area is 129 Å². The Hall–Kier alpha value is -2.14. The summed E-state index contributed by atoms with van der Waals surface area (Å²) in [7, 11) is 0. The van der Waals surface area contributed by atoms with Crippen molar-refractivity contribution in [1.29, 1.82) is 0 Å².